The van der Waals surface area contributed by atoms with Crippen molar-refractivity contribution < 1.29 is 32.5 Å². The third-order valence-electron chi connectivity index (χ3n) is 4.94. The molecule has 0 bridgehead atoms. The van der Waals surface area contributed by atoms with Gasteiger partial charge in [-0.05, 0) is 26.8 Å². The van der Waals surface area contributed by atoms with E-state index in [1.165, 1.54) is 12.3 Å². The number of benzene rings is 1. The summed E-state index contributed by atoms with van der Waals surface area (Å²) in [4.78, 5) is 19.2. The lowest BCUT2D eigenvalue weighted by molar-refractivity contribution is -0.201. The first-order valence-corrected chi connectivity index (χ1v) is 9.88. The Morgan fingerprint density at radius 2 is 1.94 bits per heavy atom. The van der Waals surface area contributed by atoms with Crippen LogP contribution in [0.5, 0.6) is 11.5 Å². The number of hydrogen-bond donors (Lipinski definition) is 2. The van der Waals surface area contributed by atoms with Crippen LogP contribution in [0.1, 0.15) is 26.3 Å². The molecule has 3 aromatic rings. The summed E-state index contributed by atoms with van der Waals surface area (Å²) < 4.78 is 51.2. The van der Waals surface area contributed by atoms with Crippen LogP contribution >= 0.6 is 0 Å². The van der Waals surface area contributed by atoms with Crippen LogP contribution in [0.15, 0.2) is 30.6 Å². The van der Waals surface area contributed by atoms with Gasteiger partial charge in [-0.1, -0.05) is 0 Å². The monoisotopic (exact) mass is 447 g/mol. The molecule has 1 aliphatic rings. The highest BCUT2D eigenvalue weighted by molar-refractivity contribution is 5.88. The molecule has 4 rings (SSSR count). The van der Waals surface area contributed by atoms with Gasteiger partial charge in [0.1, 0.15) is 22.6 Å². The second-order valence-electron chi connectivity index (χ2n) is 8.42. The molecule has 0 atom stereocenters. The normalized spacial score (nSPS) is 15.3. The maximum Gasteiger partial charge on any atom is 0.412 e. The molecule has 32 heavy (non-hydrogen) atoms. The lowest BCUT2D eigenvalue weighted by Gasteiger charge is -2.39. The van der Waals surface area contributed by atoms with Gasteiger partial charge in [0.05, 0.1) is 24.3 Å². The molecule has 170 valence electrons. The minimum absolute atomic E-state index is 0.103. The molecule has 0 unspecified atom stereocenters. The number of aromatic nitrogens is 2. The highest BCUT2D eigenvalue weighted by Gasteiger charge is 2.43. The fraction of sp³-hybridized carbons (Fsp3) is 0.364. The molecule has 1 fully saturated rings. The molecule has 0 saturated carbocycles. The number of pyridine rings is 1. The molecule has 1 aliphatic heterocycles. The number of carbonyl (C=O) groups excluding carboxylic acids is 1. The molecule has 1 amide bonds. The molecule has 3 heterocycles. The minimum Gasteiger partial charge on any atom is -0.450 e. The number of fused-ring (bicyclic) bond motifs is 1. The van der Waals surface area contributed by atoms with E-state index in [4.69, 9.17) is 18.9 Å². The van der Waals surface area contributed by atoms with Crippen molar-refractivity contribution in [2.24, 2.45) is 0 Å². The third-order valence-corrected chi connectivity index (χ3v) is 4.94. The van der Waals surface area contributed by atoms with Gasteiger partial charge < -0.3 is 23.9 Å². The first-order chi connectivity index (χ1) is 15.1. The molecule has 2 aromatic heterocycles. The van der Waals surface area contributed by atoms with Crippen LogP contribution < -0.4 is 10.1 Å². The molecule has 0 spiro atoms. The van der Waals surface area contributed by atoms with E-state index in [1.54, 1.807) is 34.1 Å². The van der Waals surface area contributed by atoms with Crippen LogP contribution in [0.4, 0.5) is 19.3 Å². The number of hydrogen-bond acceptors (Lipinski definition) is 6. The Hall–Kier alpha value is -3.24. The number of aromatic amines is 1. The number of H-pyrrole nitrogens is 1. The lowest BCUT2D eigenvalue weighted by Crippen LogP contribution is -2.48. The second kappa shape index (κ2) is 8.03. The highest BCUT2D eigenvalue weighted by Crippen LogP contribution is 2.42. The first kappa shape index (κ1) is 22.0. The Kier molecular flexibility index (Phi) is 5.51. The standard InChI is InChI=1S/C22H23F2N3O5/c1-21(2,3)32-20(28)27-12-7-14(23)18(15(24)8-12)31-16-5-6-25-19-17(16)13(9-26-19)22(29-4)10-30-11-22/h5-9H,10-11H2,1-4H3,(H,25,26)(H,27,28). The van der Waals surface area contributed by atoms with Crippen molar-refractivity contribution in [1.29, 1.82) is 0 Å². The van der Waals surface area contributed by atoms with Crippen LogP contribution in [-0.2, 0) is 19.8 Å². The number of amides is 1. The Morgan fingerprint density at radius 1 is 1.25 bits per heavy atom. The largest absolute Gasteiger partial charge is 0.450 e. The number of halogens is 2. The van der Waals surface area contributed by atoms with Gasteiger partial charge in [-0.25, -0.2) is 18.6 Å². The number of rotatable bonds is 5. The van der Waals surface area contributed by atoms with E-state index in [2.05, 4.69) is 15.3 Å². The van der Waals surface area contributed by atoms with Crippen molar-refractivity contribution in [1.82, 2.24) is 9.97 Å². The summed E-state index contributed by atoms with van der Waals surface area (Å²) in [6.07, 6.45) is 2.35. The Labute approximate surface area is 182 Å². The van der Waals surface area contributed by atoms with E-state index in [-0.39, 0.29) is 11.4 Å². The van der Waals surface area contributed by atoms with Gasteiger partial charge in [0.25, 0.3) is 0 Å². The average Bonchev–Trinajstić information content (AvgIpc) is 3.08. The third kappa shape index (κ3) is 4.11. The number of methoxy groups -OCH3 is 1. The van der Waals surface area contributed by atoms with E-state index < -0.39 is 34.7 Å². The number of nitrogens with zero attached hydrogens (tertiary/aromatic N) is 1. The summed E-state index contributed by atoms with van der Waals surface area (Å²) in [5, 5.41) is 2.84. The highest BCUT2D eigenvalue weighted by atomic mass is 19.1. The maximum absolute atomic E-state index is 14.8. The molecular formula is C22H23F2N3O5. The second-order valence-corrected chi connectivity index (χ2v) is 8.42. The van der Waals surface area contributed by atoms with E-state index in [9.17, 15) is 13.6 Å². The van der Waals surface area contributed by atoms with E-state index >= 15 is 0 Å². The number of anilines is 1. The van der Waals surface area contributed by atoms with Gasteiger partial charge >= 0.3 is 6.09 Å². The van der Waals surface area contributed by atoms with E-state index in [1.807, 2.05) is 0 Å². The number of carbonyl (C=O) groups is 1. The first-order valence-electron chi connectivity index (χ1n) is 9.88. The lowest BCUT2D eigenvalue weighted by atomic mass is 9.91. The average molecular weight is 447 g/mol. The zero-order valence-electron chi connectivity index (χ0n) is 18.0. The van der Waals surface area contributed by atoms with Crippen molar-refractivity contribution in [2.75, 3.05) is 25.6 Å². The van der Waals surface area contributed by atoms with Gasteiger partial charge in [0.15, 0.2) is 17.4 Å². The molecule has 1 aromatic carbocycles. The summed E-state index contributed by atoms with van der Waals surface area (Å²) in [6.45, 7) is 5.70. The zero-order valence-corrected chi connectivity index (χ0v) is 18.0. The van der Waals surface area contributed by atoms with Gasteiger partial charge in [0.2, 0.25) is 0 Å². The topological polar surface area (TPSA) is 94.7 Å². The smallest absolute Gasteiger partial charge is 0.412 e. The summed E-state index contributed by atoms with van der Waals surface area (Å²) in [6, 6.07) is 3.42. The summed E-state index contributed by atoms with van der Waals surface area (Å²) in [5.74, 6) is -2.41. The van der Waals surface area contributed by atoms with Gasteiger partial charge in [0, 0.05) is 37.2 Å². The summed E-state index contributed by atoms with van der Waals surface area (Å²) in [5.41, 5.74) is -0.361. The number of ether oxygens (including phenoxy) is 4. The van der Waals surface area contributed by atoms with Crippen molar-refractivity contribution in [3.63, 3.8) is 0 Å². The van der Waals surface area contributed by atoms with Crippen molar-refractivity contribution >= 4 is 22.8 Å². The molecule has 0 aliphatic carbocycles. The minimum atomic E-state index is -0.994. The molecule has 1 saturated heterocycles. The van der Waals surface area contributed by atoms with Gasteiger partial charge in [-0.2, -0.15) is 0 Å². The summed E-state index contributed by atoms with van der Waals surface area (Å²) in [7, 11) is 1.56. The SMILES string of the molecule is COC1(c2c[nH]c3nccc(Oc4c(F)cc(NC(=O)OC(C)(C)C)cc4F)c23)COC1. The van der Waals surface area contributed by atoms with Crippen LogP contribution in [0.3, 0.4) is 0 Å². The van der Waals surface area contributed by atoms with Crippen LogP contribution in [0, 0.1) is 11.6 Å². The Bertz CT molecular complexity index is 1140. The number of nitrogens with one attached hydrogen (secondary N) is 2. The molecule has 10 heteroatoms. The fourth-order valence-corrected chi connectivity index (χ4v) is 3.40. The van der Waals surface area contributed by atoms with Crippen LogP contribution in [0.2, 0.25) is 0 Å². The van der Waals surface area contributed by atoms with E-state index in [0.717, 1.165) is 12.1 Å². The molecule has 8 nitrogen and oxygen atoms in total. The van der Waals surface area contributed by atoms with Gasteiger partial charge in [-0.3, -0.25) is 5.32 Å². The maximum atomic E-state index is 14.8. The van der Waals surface area contributed by atoms with Crippen LogP contribution in [-0.4, -0.2) is 42.0 Å². The quantitative estimate of drug-likeness (QED) is 0.581. The van der Waals surface area contributed by atoms with E-state index in [0.29, 0.717) is 29.8 Å². The molecular weight excluding hydrogens is 424 g/mol. The van der Waals surface area contributed by atoms with Crippen molar-refractivity contribution in [3.05, 3.63) is 47.8 Å². The predicted molar refractivity (Wildman–Crippen MR) is 112 cm³/mol. The molecule has 0 radical (unpaired) electrons. The zero-order chi connectivity index (χ0) is 23.1. The molecule has 2 N–H and O–H groups in total. The van der Waals surface area contributed by atoms with Crippen molar-refractivity contribution in [2.45, 2.75) is 32.0 Å². The van der Waals surface area contributed by atoms with Crippen molar-refractivity contribution in [3.8, 4) is 11.5 Å². The Morgan fingerprint density at radius 3 is 2.50 bits per heavy atom. The predicted octanol–water partition coefficient (Wildman–Crippen LogP) is 4.85. The Balaban J connectivity index is 1.65. The van der Waals surface area contributed by atoms with Gasteiger partial charge in [-0.15, -0.1) is 0 Å². The summed E-state index contributed by atoms with van der Waals surface area (Å²) >= 11 is 0. The van der Waals surface area contributed by atoms with Crippen LogP contribution in [0.25, 0.3) is 11.0 Å². The fourth-order valence-electron chi connectivity index (χ4n) is 3.40.